The largest absolute Gasteiger partial charge is 0.379 e. The lowest BCUT2D eigenvalue weighted by molar-refractivity contribution is 0.151. The molecular weight excluding hydrogens is 250 g/mol. The highest BCUT2D eigenvalue weighted by Crippen LogP contribution is 2.23. The molecule has 3 aliphatic rings. The van der Waals surface area contributed by atoms with Crippen LogP contribution < -0.4 is 5.32 Å². The predicted molar refractivity (Wildman–Crippen MR) is 82.0 cm³/mol. The van der Waals surface area contributed by atoms with Gasteiger partial charge in [0, 0.05) is 31.1 Å². The van der Waals surface area contributed by atoms with E-state index in [1.165, 1.54) is 58.4 Å². The average molecular weight is 281 g/mol. The smallest absolute Gasteiger partial charge is 0.0623 e. The van der Waals surface area contributed by atoms with Crippen LogP contribution in [0.5, 0.6) is 0 Å². The van der Waals surface area contributed by atoms with Gasteiger partial charge in [0.05, 0.1) is 13.2 Å². The van der Waals surface area contributed by atoms with E-state index in [1.807, 2.05) is 0 Å². The van der Waals surface area contributed by atoms with Crippen molar-refractivity contribution in [2.75, 3.05) is 52.5 Å². The molecular formula is C16H31N3O. The molecule has 0 bridgehead atoms. The fourth-order valence-corrected chi connectivity index (χ4v) is 4.16. The summed E-state index contributed by atoms with van der Waals surface area (Å²) in [5, 5.41) is 3.58. The Morgan fingerprint density at radius 3 is 2.75 bits per heavy atom. The zero-order valence-electron chi connectivity index (χ0n) is 13.0. The topological polar surface area (TPSA) is 27.7 Å². The lowest BCUT2D eigenvalue weighted by atomic mass is 10.0. The van der Waals surface area contributed by atoms with Gasteiger partial charge in [-0.05, 0) is 45.4 Å². The molecule has 0 spiro atoms. The Kier molecular flexibility index (Phi) is 5.32. The van der Waals surface area contributed by atoms with Crippen LogP contribution in [0.25, 0.3) is 0 Å². The fraction of sp³-hybridized carbons (Fsp3) is 1.00. The summed E-state index contributed by atoms with van der Waals surface area (Å²) in [6, 6.07) is 1.41. The zero-order chi connectivity index (χ0) is 13.8. The van der Waals surface area contributed by atoms with Gasteiger partial charge in [0.2, 0.25) is 0 Å². The monoisotopic (exact) mass is 281 g/mol. The third-order valence-electron chi connectivity index (χ3n) is 5.31. The number of ether oxygens (including phenoxy) is 1. The molecule has 3 aliphatic heterocycles. The van der Waals surface area contributed by atoms with Crippen molar-refractivity contribution in [3.63, 3.8) is 0 Å². The third kappa shape index (κ3) is 3.53. The maximum absolute atomic E-state index is 5.68. The molecule has 3 heterocycles. The van der Waals surface area contributed by atoms with E-state index in [0.717, 1.165) is 25.8 Å². The summed E-state index contributed by atoms with van der Waals surface area (Å²) in [5.41, 5.74) is 0. The van der Waals surface area contributed by atoms with Gasteiger partial charge in [-0.3, -0.25) is 4.90 Å². The average Bonchev–Trinajstić information content (AvgIpc) is 3.11. The molecule has 0 aromatic rings. The number of hydrogen-bond donors (Lipinski definition) is 1. The first-order valence-corrected chi connectivity index (χ1v) is 8.64. The van der Waals surface area contributed by atoms with Crippen LogP contribution in [0.4, 0.5) is 0 Å². The molecule has 3 fully saturated rings. The summed E-state index contributed by atoms with van der Waals surface area (Å²) in [7, 11) is 0. The van der Waals surface area contributed by atoms with Crippen molar-refractivity contribution in [3.8, 4) is 0 Å². The minimum atomic E-state index is 0.578. The number of likely N-dealkylation sites (N-methyl/N-ethyl adjacent to an activating group) is 1. The van der Waals surface area contributed by atoms with Crippen molar-refractivity contribution in [3.05, 3.63) is 0 Å². The Bertz CT molecular complexity index is 293. The van der Waals surface area contributed by atoms with Gasteiger partial charge in [0.25, 0.3) is 0 Å². The second kappa shape index (κ2) is 7.21. The van der Waals surface area contributed by atoms with Gasteiger partial charge in [0.1, 0.15) is 0 Å². The summed E-state index contributed by atoms with van der Waals surface area (Å²) in [6.07, 6.45) is 5.64. The Morgan fingerprint density at radius 1 is 1.10 bits per heavy atom. The summed E-state index contributed by atoms with van der Waals surface area (Å²) >= 11 is 0. The first kappa shape index (κ1) is 14.8. The van der Waals surface area contributed by atoms with Gasteiger partial charge in [0.15, 0.2) is 0 Å². The van der Waals surface area contributed by atoms with Gasteiger partial charge < -0.3 is 15.0 Å². The van der Waals surface area contributed by atoms with Crippen LogP contribution in [-0.4, -0.2) is 74.4 Å². The van der Waals surface area contributed by atoms with Crippen LogP contribution in [0.15, 0.2) is 0 Å². The van der Waals surface area contributed by atoms with Crippen LogP contribution >= 0.6 is 0 Å². The van der Waals surface area contributed by atoms with E-state index >= 15 is 0 Å². The second-order valence-electron chi connectivity index (χ2n) is 6.76. The van der Waals surface area contributed by atoms with Crippen LogP contribution in [0.1, 0.15) is 32.6 Å². The summed E-state index contributed by atoms with van der Waals surface area (Å²) in [6.45, 7) is 11.6. The lowest BCUT2D eigenvalue weighted by Crippen LogP contribution is -2.43. The van der Waals surface area contributed by atoms with E-state index in [-0.39, 0.29) is 0 Å². The van der Waals surface area contributed by atoms with Gasteiger partial charge in [-0.25, -0.2) is 0 Å². The maximum atomic E-state index is 5.68. The van der Waals surface area contributed by atoms with Gasteiger partial charge in [-0.15, -0.1) is 0 Å². The predicted octanol–water partition coefficient (Wildman–Crippen LogP) is 1.17. The highest BCUT2D eigenvalue weighted by atomic mass is 16.5. The number of nitrogens with zero attached hydrogens (tertiary/aromatic N) is 2. The normalized spacial score (nSPS) is 36.8. The highest BCUT2D eigenvalue weighted by molar-refractivity contribution is 4.89. The Morgan fingerprint density at radius 2 is 1.95 bits per heavy atom. The highest BCUT2D eigenvalue weighted by Gasteiger charge is 2.33. The van der Waals surface area contributed by atoms with Crippen LogP contribution in [-0.2, 0) is 4.74 Å². The van der Waals surface area contributed by atoms with E-state index in [4.69, 9.17) is 4.74 Å². The van der Waals surface area contributed by atoms with E-state index < -0.39 is 0 Å². The molecule has 0 aliphatic carbocycles. The summed E-state index contributed by atoms with van der Waals surface area (Å²) < 4.78 is 5.68. The number of piperidine rings is 1. The van der Waals surface area contributed by atoms with Gasteiger partial charge >= 0.3 is 0 Å². The molecule has 4 nitrogen and oxygen atoms in total. The maximum Gasteiger partial charge on any atom is 0.0623 e. The zero-order valence-corrected chi connectivity index (χ0v) is 13.0. The number of nitrogens with one attached hydrogen (secondary N) is 1. The van der Waals surface area contributed by atoms with E-state index in [9.17, 15) is 0 Å². The second-order valence-corrected chi connectivity index (χ2v) is 6.76. The van der Waals surface area contributed by atoms with E-state index in [0.29, 0.717) is 12.0 Å². The minimum absolute atomic E-state index is 0.578. The molecule has 3 atom stereocenters. The third-order valence-corrected chi connectivity index (χ3v) is 5.31. The molecule has 0 radical (unpaired) electrons. The van der Waals surface area contributed by atoms with Crippen molar-refractivity contribution in [2.24, 2.45) is 5.92 Å². The molecule has 0 saturated carbocycles. The Hall–Kier alpha value is -0.160. The molecule has 0 amide bonds. The van der Waals surface area contributed by atoms with Crippen LogP contribution in [0, 0.1) is 5.92 Å². The lowest BCUT2D eigenvalue weighted by Gasteiger charge is -2.32. The van der Waals surface area contributed by atoms with Crippen molar-refractivity contribution in [1.82, 2.24) is 15.1 Å². The number of hydrogen-bond acceptors (Lipinski definition) is 4. The SMILES string of the molecule is CCNC1COCC1CN1CCC(N2CCCCC2)C1. The van der Waals surface area contributed by atoms with Crippen molar-refractivity contribution >= 4 is 0 Å². The number of likely N-dealkylation sites (tertiary alicyclic amines) is 2. The van der Waals surface area contributed by atoms with E-state index in [1.54, 1.807) is 0 Å². The molecule has 0 aromatic carbocycles. The molecule has 1 N–H and O–H groups in total. The van der Waals surface area contributed by atoms with Crippen LogP contribution in [0.2, 0.25) is 0 Å². The molecule has 116 valence electrons. The molecule has 20 heavy (non-hydrogen) atoms. The Labute approximate surface area is 123 Å². The van der Waals surface area contributed by atoms with Gasteiger partial charge in [-0.2, -0.15) is 0 Å². The Balaban J connectivity index is 1.45. The number of rotatable bonds is 5. The van der Waals surface area contributed by atoms with Crippen molar-refractivity contribution in [2.45, 2.75) is 44.7 Å². The van der Waals surface area contributed by atoms with Crippen molar-refractivity contribution in [1.29, 1.82) is 0 Å². The molecule has 0 aromatic heterocycles. The van der Waals surface area contributed by atoms with Gasteiger partial charge in [-0.1, -0.05) is 13.3 Å². The molecule has 3 saturated heterocycles. The summed E-state index contributed by atoms with van der Waals surface area (Å²) in [5.74, 6) is 0.690. The van der Waals surface area contributed by atoms with Crippen LogP contribution in [0.3, 0.4) is 0 Å². The quantitative estimate of drug-likeness (QED) is 0.819. The van der Waals surface area contributed by atoms with E-state index in [2.05, 4.69) is 22.0 Å². The molecule has 4 heteroatoms. The molecule has 3 unspecified atom stereocenters. The summed E-state index contributed by atoms with van der Waals surface area (Å²) in [4.78, 5) is 5.43. The first-order chi connectivity index (χ1) is 9.86. The van der Waals surface area contributed by atoms with Crippen molar-refractivity contribution < 1.29 is 4.74 Å². The first-order valence-electron chi connectivity index (χ1n) is 8.64. The molecule has 3 rings (SSSR count). The minimum Gasteiger partial charge on any atom is -0.379 e. The standard InChI is InChI=1S/C16H31N3O/c1-2-17-16-13-20-12-14(16)10-18-9-6-15(11-18)19-7-4-3-5-8-19/h14-17H,2-13H2,1H3. The fourth-order valence-electron chi connectivity index (χ4n) is 4.16.